The van der Waals surface area contributed by atoms with Crippen LogP contribution in [0.3, 0.4) is 0 Å². The van der Waals surface area contributed by atoms with Crippen LogP contribution < -0.4 is 4.90 Å². The zero-order valence-electron chi connectivity index (χ0n) is 11.7. The molecule has 2 rings (SSSR count). The molecule has 0 heterocycles. The molecular formula is C16H25NO. The summed E-state index contributed by atoms with van der Waals surface area (Å²) in [6, 6.07) is 8.79. The van der Waals surface area contributed by atoms with Gasteiger partial charge in [0.2, 0.25) is 0 Å². The van der Waals surface area contributed by atoms with Gasteiger partial charge >= 0.3 is 0 Å². The third kappa shape index (κ3) is 2.86. The highest BCUT2D eigenvalue weighted by Gasteiger charge is 2.34. The van der Waals surface area contributed by atoms with Crippen LogP contribution in [0.2, 0.25) is 0 Å². The molecule has 18 heavy (non-hydrogen) atoms. The van der Waals surface area contributed by atoms with E-state index in [1.807, 2.05) is 0 Å². The van der Waals surface area contributed by atoms with Crippen molar-refractivity contribution in [2.75, 3.05) is 25.1 Å². The maximum absolute atomic E-state index is 9.67. The SMILES string of the molecule is CCc1ccc(N(C)CC2(CO)CCCC2)cc1. The first-order chi connectivity index (χ1) is 8.69. The number of aliphatic hydroxyl groups excluding tert-OH is 1. The number of anilines is 1. The quantitative estimate of drug-likeness (QED) is 0.863. The second kappa shape index (κ2) is 5.75. The summed E-state index contributed by atoms with van der Waals surface area (Å²) in [5, 5.41) is 9.67. The Balaban J connectivity index is 2.03. The van der Waals surface area contributed by atoms with E-state index in [1.165, 1.54) is 36.9 Å². The average molecular weight is 247 g/mol. The van der Waals surface area contributed by atoms with Crippen LogP contribution in [0.25, 0.3) is 0 Å². The molecule has 1 aliphatic carbocycles. The molecule has 1 aromatic carbocycles. The number of hydrogen-bond donors (Lipinski definition) is 1. The first-order valence-corrected chi connectivity index (χ1v) is 7.10. The normalized spacial score (nSPS) is 17.9. The second-order valence-corrected chi connectivity index (χ2v) is 5.74. The number of aliphatic hydroxyl groups is 1. The first-order valence-electron chi connectivity index (χ1n) is 7.10. The standard InChI is InChI=1S/C16H25NO/c1-3-14-6-8-15(9-7-14)17(2)12-16(13-18)10-4-5-11-16/h6-9,18H,3-5,10-13H2,1-2H3. The summed E-state index contributed by atoms with van der Waals surface area (Å²) in [5.41, 5.74) is 2.77. The Morgan fingerprint density at radius 1 is 1.17 bits per heavy atom. The summed E-state index contributed by atoms with van der Waals surface area (Å²) in [7, 11) is 2.14. The Kier molecular flexibility index (Phi) is 4.28. The van der Waals surface area contributed by atoms with Gasteiger partial charge in [-0.05, 0) is 37.0 Å². The predicted octanol–water partition coefficient (Wildman–Crippen LogP) is 3.24. The van der Waals surface area contributed by atoms with Crippen molar-refractivity contribution in [3.05, 3.63) is 29.8 Å². The van der Waals surface area contributed by atoms with Gasteiger partial charge in [0.1, 0.15) is 0 Å². The van der Waals surface area contributed by atoms with Gasteiger partial charge in [-0.25, -0.2) is 0 Å². The van der Waals surface area contributed by atoms with E-state index in [4.69, 9.17) is 0 Å². The van der Waals surface area contributed by atoms with Crippen LogP contribution >= 0.6 is 0 Å². The molecule has 0 unspecified atom stereocenters. The molecule has 0 saturated heterocycles. The average Bonchev–Trinajstić information content (AvgIpc) is 2.88. The van der Waals surface area contributed by atoms with Gasteiger partial charge in [0.25, 0.3) is 0 Å². The number of nitrogens with zero attached hydrogens (tertiary/aromatic N) is 1. The smallest absolute Gasteiger partial charge is 0.0504 e. The fourth-order valence-corrected chi connectivity index (χ4v) is 3.07. The van der Waals surface area contributed by atoms with E-state index in [9.17, 15) is 5.11 Å². The van der Waals surface area contributed by atoms with E-state index in [0.29, 0.717) is 6.61 Å². The highest BCUT2D eigenvalue weighted by molar-refractivity contribution is 5.47. The summed E-state index contributed by atoms with van der Waals surface area (Å²) < 4.78 is 0. The first kappa shape index (κ1) is 13.4. The molecule has 1 N–H and O–H groups in total. The second-order valence-electron chi connectivity index (χ2n) is 5.74. The molecular weight excluding hydrogens is 222 g/mol. The van der Waals surface area contributed by atoms with Crippen molar-refractivity contribution in [1.29, 1.82) is 0 Å². The largest absolute Gasteiger partial charge is 0.396 e. The third-order valence-corrected chi connectivity index (χ3v) is 4.36. The van der Waals surface area contributed by atoms with Gasteiger partial charge in [-0.2, -0.15) is 0 Å². The van der Waals surface area contributed by atoms with Crippen molar-refractivity contribution >= 4 is 5.69 Å². The lowest BCUT2D eigenvalue weighted by molar-refractivity contribution is 0.137. The van der Waals surface area contributed by atoms with Gasteiger partial charge < -0.3 is 10.0 Å². The lowest BCUT2D eigenvalue weighted by atomic mass is 9.86. The lowest BCUT2D eigenvalue weighted by Crippen LogP contribution is -2.36. The van der Waals surface area contributed by atoms with E-state index in [2.05, 4.69) is 43.1 Å². The summed E-state index contributed by atoms with van der Waals surface area (Å²) in [6.45, 7) is 3.47. The summed E-state index contributed by atoms with van der Waals surface area (Å²) in [5.74, 6) is 0. The summed E-state index contributed by atoms with van der Waals surface area (Å²) in [4.78, 5) is 2.29. The zero-order chi connectivity index (χ0) is 13.0. The molecule has 0 bridgehead atoms. The van der Waals surface area contributed by atoms with Crippen LogP contribution in [-0.2, 0) is 6.42 Å². The number of rotatable bonds is 5. The number of aryl methyl sites for hydroxylation is 1. The molecule has 2 heteroatoms. The maximum Gasteiger partial charge on any atom is 0.0504 e. The van der Waals surface area contributed by atoms with Gasteiger partial charge in [0.05, 0.1) is 6.61 Å². The molecule has 0 atom stereocenters. The van der Waals surface area contributed by atoms with E-state index in [-0.39, 0.29) is 5.41 Å². The Morgan fingerprint density at radius 3 is 2.28 bits per heavy atom. The van der Waals surface area contributed by atoms with Crippen molar-refractivity contribution in [1.82, 2.24) is 0 Å². The van der Waals surface area contributed by atoms with E-state index in [1.54, 1.807) is 0 Å². The van der Waals surface area contributed by atoms with Crippen molar-refractivity contribution < 1.29 is 5.11 Å². The summed E-state index contributed by atoms with van der Waals surface area (Å²) in [6.07, 6.45) is 5.96. The molecule has 1 aromatic rings. The monoisotopic (exact) mass is 247 g/mol. The minimum absolute atomic E-state index is 0.137. The Bertz CT molecular complexity index is 365. The number of benzene rings is 1. The van der Waals surface area contributed by atoms with E-state index in [0.717, 1.165) is 13.0 Å². The highest BCUT2D eigenvalue weighted by Crippen LogP contribution is 2.38. The van der Waals surface area contributed by atoms with Gasteiger partial charge in [0.15, 0.2) is 0 Å². The third-order valence-electron chi connectivity index (χ3n) is 4.36. The predicted molar refractivity (Wildman–Crippen MR) is 77.1 cm³/mol. The topological polar surface area (TPSA) is 23.5 Å². The molecule has 1 fully saturated rings. The van der Waals surface area contributed by atoms with Crippen molar-refractivity contribution in [2.45, 2.75) is 39.0 Å². The number of hydrogen-bond acceptors (Lipinski definition) is 2. The Morgan fingerprint density at radius 2 is 1.78 bits per heavy atom. The lowest BCUT2D eigenvalue weighted by Gasteiger charge is -2.33. The van der Waals surface area contributed by atoms with Gasteiger partial charge in [-0.1, -0.05) is 31.9 Å². The molecule has 1 aliphatic rings. The molecule has 0 amide bonds. The molecule has 100 valence electrons. The van der Waals surface area contributed by atoms with Crippen LogP contribution in [0.4, 0.5) is 5.69 Å². The van der Waals surface area contributed by atoms with Gasteiger partial charge in [-0.3, -0.25) is 0 Å². The molecule has 1 saturated carbocycles. The van der Waals surface area contributed by atoms with Crippen LogP contribution in [0, 0.1) is 5.41 Å². The van der Waals surface area contributed by atoms with Crippen LogP contribution in [-0.4, -0.2) is 25.3 Å². The maximum atomic E-state index is 9.67. The fourth-order valence-electron chi connectivity index (χ4n) is 3.07. The van der Waals surface area contributed by atoms with Crippen LogP contribution in [0.15, 0.2) is 24.3 Å². The molecule has 0 radical (unpaired) electrons. The highest BCUT2D eigenvalue weighted by atomic mass is 16.3. The van der Waals surface area contributed by atoms with Crippen LogP contribution in [0.5, 0.6) is 0 Å². The minimum atomic E-state index is 0.137. The van der Waals surface area contributed by atoms with E-state index >= 15 is 0 Å². The zero-order valence-corrected chi connectivity index (χ0v) is 11.7. The Labute approximate surface area is 111 Å². The molecule has 2 nitrogen and oxygen atoms in total. The molecule has 0 aromatic heterocycles. The van der Waals surface area contributed by atoms with Crippen molar-refractivity contribution in [3.8, 4) is 0 Å². The minimum Gasteiger partial charge on any atom is -0.396 e. The molecule has 0 aliphatic heterocycles. The Hall–Kier alpha value is -1.02. The summed E-state index contributed by atoms with van der Waals surface area (Å²) >= 11 is 0. The fraction of sp³-hybridized carbons (Fsp3) is 0.625. The van der Waals surface area contributed by atoms with E-state index < -0.39 is 0 Å². The molecule has 0 spiro atoms. The van der Waals surface area contributed by atoms with Gasteiger partial charge in [-0.15, -0.1) is 0 Å². The van der Waals surface area contributed by atoms with Crippen molar-refractivity contribution in [3.63, 3.8) is 0 Å². The van der Waals surface area contributed by atoms with Crippen molar-refractivity contribution in [2.24, 2.45) is 5.41 Å². The van der Waals surface area contributed by atoms with Gasteiger partial charge in [0, 0.05) is 24.7 Å². The van der Waals surface area contributed by atoms with Crippen LogP contribution in [0.1, 0.15) is 38.2 Å².